The molecule has 2 aromatic heterocycles. The number of anilines is 1. The number of hydrogen-bond acceptors (Lipinski definition) is 7. The predicted molar refractivity (Wildman–Crippen MR) is 117 cm³/mol. The molecule has 1 aliphatic heterocycles. The van der Waals surface area contributed by atoms with Crippen molar-refractivity contribution in [2.75, 3.05) is 37.7 Å². The molecule has 31 heavy (non-hydrogen) atoms. The van der Waals surface area contributed by atoms with Gasteiger partial charge in [0.2, 0.25) is 11.8 Å². The molecule has 8 heteroatoms. The topological polar surface area (TPSA) is 80.7 Å². The van der Waals surface area contributed by atoms with E-state index in [4.69, 9.17) is 9.47 Å². The van der Waals surface area contributed by atoms with Gasteiger partial charge in [-0.05, 0) is 32.0 Å². The number of nitrogens with zero attached hydrogens (tertiary/aromatic N) is 5. The van der Waals surface area contributed by atoms with Crippen molar-refractivity contribution < 1.29 is 14.3 Å². The highest BCUT2D eigenvalue weighted by atomic mass is 16.5. The zero-order chi connectivity index (χ0) is 21.6. The third kappa shape index (κ3) is 5.09. The van der Waals surface area contributed by atoms with Gasteiger partial charge in [0.25, 0.3) is 5.91 Å². The molecular weight excluding hydrogens is 394 g/mol. The van der Waals surface area contributed by atoms with Gasteiger partial charge in [0, 0.05) is 44.5 Å². The number of para-hydroxylation sites is 1. The fourth-order valence-electron chi connectivity index (χ4n) is 3.41. The van der Waals surface area contributed by atoms with Gasteiger partial charge in [0.15, 0.2) is 0 Å². The van der Waals surface area contributed by atoms with Crippen LogP contribution in [0.4, 0.5) is 5.82 Å². The van der Waals surface area contributed by atoms with E-state index in [1.807, 2.05) is 55.1 Å². The van der Waals surface area contributed by atoms with Crippen molar-refractivity contribution in [2.45, 2.75) is 13.8 Å². The molecule has 0 bridgehead atoms. The van der Waals surface area contributed by atoms with Crippen molar-refractivity contribution >= 4 is 11.7 Å². The van der Waals surface area contributed by atoms with Crippen LogP contribution < -0.4 is 14.4 Å². The van der Waals surface area contributed by atoms with Crippen LogP contribution in [0, 0.1) is 6.92 Å². The maximum atomic E-state index is 12.8. The molecule has 0 spiro atoms. The number of carbonyl (C=O) groups excluding carboxylic acids is 1. The van der Waals surface area contributed by atoms with Crippen LogP contribution in [-0.2, 0) is 0 Å². The number of aryl methyl sites for hydroxylation is 1. The Morgan fingerprint density at radius 1 is 1.00 bits per heavy atom. The van der Waals surface area contributed by atoms with Gasteiger partial charge in [-0.15, -0.1) is 0 Å². The molecule has 1 aliphatic rings. The molecule has 0 radical (unpaired) electrons. The van der Waals surface area contributed by atoms with Gasteiger partial charge >= 0.3 is 0 Å². The summed E-state index contributed by atoms with van der Waals surface area (Å²) in [6.07, 6.45) is 1.57. The molecule has 8 nitrogen and oxygen atoms in total. The van der Waals surface area contributed by atoms with Gasteiger partial charge in [-0.2, -0.15) is 4.98 Å². The first-order valence-corrected chi connectivity index (χ1v) is 10.3. The number of hydrogen-bond donors (Lipinski definition) is 0. The first kappa shape index (κ1) is 20.6. The number of rotatable bonds is 6. The number of aromatic nitrogens is 3. The lowest BCUT2D eigenvalue weighted by Gasteiger charge is -2.35. The largest absolute Gasteiger partial charge is 0.478 e. The van der Waals surface area contributed by atoms with Crippen molar-refractivity contribution in [1.82, 2.24) is 19.9 Å². The molecular formula is C23H25N5O3. The Morgan fingerprint density at radius 3 is 2.45 bits per heavy atom. The van der Waals surface area contributed by atoms with Crippen molar-refractivity contribution in [3.8, 4) is 17.5 Å². The van der Waals surface area contributed by atoms with Crippen molar-refractivity contribution in [3.63, 3.8) is 0 Å². The number of ether oxygens (including phenoxy) is 2. The van der Waals surface area contributed by atoms with Gasteiger partial charge in [-0.3, -0.25) is 4.79 Å². The van der Waals surface area contributed by atoms with E-state index in [1.165, 1.54) is 0 Å². The number of piperazine rings is 1. The summed E-state index contributed by atoms with van der Waals surface area (Å²) in [7, 11) is 0. The number of benzene rings is 1. The van der Waals surface area contributed by atoms with E-state index in [0.29, 0.717) is 55.9 Å². The van der Waals surface area contributed by atoms with Crippen LogP contribution in [0.2, 0.25) is 0 Å². The summed E-state index contributed by atoms with van der Waals surface area (Å²) < 4.78 is 11.2. The van der Waals surface area contributed by atoms with Crippen molar-refractivity contribution in [3.05, 3.63) is 66.1 Å². The van der Waals surface area contributed by atoms with Gasteiger partial charge < -0.3 is 19.3 Å². The minimum atomic E-state index is -0.0258. The van der Waals surface area contributed by atoms with E-state index >= 15 is 0 Å². The third-order valence-electron chi connectivity index (χ3n) is 4.93. The van der Waals surface area contributed by atoms with Crippen LogP contribution in [0.15, 0.2) is 54.7 Å². The molecule has 0 atom stereocenters. The molecule has 1 saturated heterocycles. The molecule has 160 valence electrons. The number of pyridine rings is 1. The molecule has 0 aliphatic carbocycles. The predicted octanol–water partition coefficient (Wildman–Crippen LogP) is 3.33. The lowest BCUT2D eigenvalue weighted by molar-refractivity contribution is 0.0746. The van der Waals surface area contributed by atoms with Gasteiger partial charge in [-0.25, -0.2) is 9.97 Å². The van der Waals surface area contributed by atoms with Crippen molar-refractivity contribution in [1.29, 1.82) is 0 Å². The van der Waals surface area contributed by atoms with Crippen LogP contribution in [0.1, 0.15) is 23.1 Å². The van der Waals surface area contributed by atoms with Crippen LogP contribution in [-0.4, -0.2) is 58.5 Å². The molecule has 0 unspecified atom stereocenters. The molecule has 1 aromatic carbocycles. The molecule has 3 aromatic rings. The summed E-state index contributed by atoms with van der Waals surface area (Å²) in [4.78, 5) is 29.9. The second-order valence-corrected chi connectivity index (χ2v) is 7.12. The highest BCUT2D eigenvalue weighted by Crippen LogP contribution is 2.24. The Hall–Kier alpha value is -3.68. The Balaban J connectivity index is 1.39. The minimum absolute atomic E-state index is 0.0258. The van der Waals surface area contributed by atoms with Crippen LogP contribution >= 0.6 is 0 Å². The summed E-state index contributed by atoms with van der Waals surface area (Å²) in [5.41, 5.74) is 0.563. The molecule has 1 fully saturated rings. The maximum Gasteiger partial charge on any atom is 0.255 e. The van der Waals surface area contributed by atoms with Gasteiger partial charge in [-0.1, -0.05) is 18.2 Å². The molecule has 1 amide bonds. The van der Waals surface area contributed by atoms with Crippen LogP contribution in [0.3, 0.4) is 0 Å². The van der Waals surface area contributed by atoms with Gasteiger partial charge in [0.05, 0.1) is 12.2 Å². The van der Waals surface area contributed by atoms with Crippen molar-refractivity contribution in [2.24, 2.45) is 0 Å². The normalized spacial score (nSPS) is 13.7. The SMILES string of the molecule is CCOc1ccc(C(=O)N2CCN(c3cc(Oc4ccccc4)nc(C)n3)CC2)cn1. The maximum absolute atomic E-state index is 12.8. The quantitative estimate of drug-likeness (QED) is 0.606. The second-order valence-electron chi connectivity index (χ2n) is 7.12. The fraction of sp³-hybridized carbons (Fsp3) is 0.304. The lowest BCUT2D eigenvalue weighted by Crippen LogP contribution is -2.49. The average Bonchev–Trinajstić information content (AvgIpc) is 2.80. The lowest BCUT2D eigenvalue weighted by atomic mass is 10.2. The number of amides is 1. The Labute approximate surface area is 181 Å². The summed E-state index contributed by atoms with van der Waals surface area (Å²) in [6, 6.07) is 14.9. The number of carbonyl (C=O) groups is 1. The third-order valence-corrected chi connectivity index (χ3v) is 4.93. The summed E-state index contributed by atoms with van der Waals surface area (Å²) >= 11 is 0. The average molecular weight is 419 g/mol. The fourth-order valence-corrected chi connectivity index (χ4v) is 3.41. The first-order chi connectivity index (χ1) is 15.1. The van der Waals surface area contributed by atoms with E-state index in [1.54, 1.807) is 18.3 Å². The summed E-state index contributed by atoms with van der Waals surface area (Å²) in [5, 5.41) is 0. The van der Waals surface area contributed by atoms with Gasteiger partial charge in [0.1, 0.15) is 17.4 Å². The smallest absolute Gasteiger partial charge is 0.255 e. The Bertz CT molecular complexity index is 1020. The Kier molecular flexibility index (Phi) is 6.26. The zero-order valence-corrected chi connectivity index (χ0v) is 17.7. The zero-order valence-electron chi connectivity index (χ0n) is 17.7. The van der Waals surface area contributed by atoms with Crippen LogP contribution in [0.5, 0.6) is 17.5 Å². The minimum Gasteiger partial charge on any atom is -0.478 e. The Morgan fingerprint density at radius 2 is 1.77 bits per heavy atom. The second kappa shape index (κ2) is 9.42. The van der Waals surface area contributed by atoms with Crippen LogP contribution in [0.25, 0.3) is 0 Å². The molecule has 0 saturated carbocycles. The van der Waals surface area contributed by atoms with E-state index < -0.39 is 0 Å². The summed E-state index contributed by atoms with van der Waals surface area (Å²) in [5.74, 6) is 3.17. The molecule has 3 heterocycles. The summed E-state index contributed by atoms with van der Waals surface area (Å²) in [6.45, 7) is 6.85. The van der Waals surface area contributed by atoms with E-state index in [-0.39, 0.29) is 5.91 Å². The standard InChI is InChI=1S/C23H25N5O3/c1-3-30-21-10-9-18(16-24-21)23(29)28-13-11-27(12-14-28)20-15-22(26-17(2)25-20)31-19-7-5-4-6-8-19/h4-10,15-16H,3,11-14H2,1-2H3. The molecule has 4 rings (SSSR count). The monoisotopic (exact) mass is 419 g/mol. The molecule has 0 N–H and O–H groups in total. The van der Waals surface area contributed by atoms with E-state index in [0.717, 1.165) is 11.6 Å². The van der Waals surface area contributed by atoms with E-state index in [2.05, 4.69) is 19.9 Å². The highest BCUT2D eigenvalue weighted by Gasteiger charge is 2.24. The highest BCUT2D eigenvalue weighted by molar-refractivity contribution is 5.94. The first-order valence-electron chi connectivity index (χ1n) is 10.3. The van der Waals surface area contributed by atoms with E-state index in [9.17, 15) is 4.79 Å².